The van der Waals surface area contributed by atoms with Crippen molar-refractivity contribution in [3.63, 3.8) is 0 Å². The number of piperidine rings is 1. The Labute approximate surface area is 120 Å². The van der Waals surface area contributed by atoms with Crippen molar-refractivity contribution in [1.29, 1.82) is 0 Å². The average Bonchev–Trinajstić information content (AvgIpc) is 2.90. The Balaban J connectivity index is 1.81. The van der Waals surface area contributed by atoms with Gasteiger partial charge in [0.2, 0.25) is 0 Å². The molecule has 20 heavy (non-hydrogen) atoms. The van der Waals surface area contributed by atoms with Crippen LogP contribution in [0.2, 0.25) is 0 Å². The zero-order valence-electron chi connectivity index (χ0n) is 12.3. The highest BCUT2D eigenvalue weighted by Gasteiger charge is 2.22. The molecule has 1 aromatic carbocycles. The van der Waals surface area contributed by atoms with Crippen LogP contribution < -0.4 is 11.3 Å². The van der Waals surface area contributed by atoms with Crippen LogP contribution in [-0.2, 0) is 0 Å². The van der Waals surface area contributed by atoms with E-state index in [1.165, 1.54) is 36.8 Å². The van der Waals surface area contributed by atoms with Crippen molar-refractivity contribution in [2.75, 3.05) is 18.5 Å². The van der Waals surface area contributed by atoms with E-state index in [0.29, 0.717) is 12.1 Å². The lowest BCUT2D eigenvalue weighted by Gasteiger charge is -2.35. The maximum atomic E-state index is 5.47. The third-order valence-electron chi connectivity index (χ3n) is 4.51. The van der Waals surface area contributed by atoms with Gasteiger partial charge in [-0.1, -0.05) is 0 Å². The van der Waals surface area contributed by atoms with Crippen LogP contribution in [0.1, 0.15) is 32.7 Å². The third kappa shape index (κ3) is 2.41. The van der Waals surface area contributed by atoms with E-state index >= 15 is 0 Å². The van der Waals surface area contributed by atoms with E-state index in [1.54, 1.807) is 0 Å². The van der Waals surface area contributed by atoms with Crippen LogP contribution in [0.15, 0.2) is 30.5 Å². The van der Waals surface area contributed by atoms with Gasteiger partial charge in [-0.05, 0) is 51.0 Å². The van der Waals surface area contributed by atoms with Crippen LogP contribution in [0.5, 0.6) is 0 Å². The molecule has 3 N–H and O–H groups in total. The molecule has 3 rings (SSSR count). The molecule has 0 spiro atoms. The fourth-order valence-corrected chi connectivity index (χ4v) is 3.25. The predicted octanol–water partition coefficient (Wildman–Crippen LogP) is 2.97. The Morgan fingerprint density at radius 1 is 1.20 bits per heavy atom. The van der Waals surface area contributed by atoms with E-state index in [4.69, 9.17) is 5.84 Å². The highest BCUT2D eigenvalue weighted by Crippen LogP contribution is 2.29. The molecular formula is C16H24N4. The number of rotatable bonds is 3. The quantitative estimate of drug-likeness (QED) is 0.667. The molecule has 4 nitrogen and oxygen atoms in total. The lowest BCUT2D eigenvalue weighted by molar-refractivity contribution is 0.153. The molecule has 1 aliphatic heterocycles. The molecule has 0 atom stereocenters. The monoisotopic (exact) mass is 272 g/mol. The molecule has 1 aromatic heterocycles. The molecule has 2 aromatic rings. The van der Waals surface area contributed by atoms with E-state index in [0.717, 1.165) is 5.69 Å². The molecule has 108 valence electrons. The van der Waals surface area contributed by atoms with Crippen molar-refractivity contribution in [3.05, 3.63) is 30.5 Å². The number of likely N-dealkylation sites (tertiary alicyclic amines) is 1. The Morgan fingerprint density at radius 3 is 2.60 bits per heavy atom. The average molecular weight is 272 g/mol. The second kappa shape index (κ2) is 5.46. The summed E-state index contributed by atoms with van der Waals surface area (Å²) in [5.41, 5.74) is 4.99. The van der Waals surface area contributed by atoms with Crippen molar-refractivity contribution < 1.29 is 0 Å². The van der Waals surface area contributed by atoms with Crippen LogP contribution in [-0.4, -0.2) is 28.6 Å². The van der Waals surface area contributed by atoms with Gasteiger partial charge in [0.1, 0.15) is 0 Å². The lowest BCUT2D eigenvalue weighted by Crippen LogP contribution is -2.38. The number of nitrogens with two attached hydrogens (primary N) is 1. The van der Waals surface area contributed by atoms with E-state index in [-0.39, 0.29) is 0 Å². The van der Waals surface area contributed by atoms with Crippen LogP contribution in [0.4, 0.5) is 5.69 Å². The Hall–Kier alpha value is -1.52. The summed E-state index contributed by atoms with van der Waals surface area (Å²) in [4.78, 5) is 2.57. The molecule has 0 radical (unpaired) electrons. The van der Waals surface area contributed by atoms with Gasteiger partial charge in [0.25, 0.3) is 0 Å². The number of aromatic nitrogens is 1. The fourth-order valence-electron chi connectivity index (χ4n) is 3.25. The Kier molecular flexibility index (Phi) is 3.68. The van der Waals surface area contributed by atoms with Crippen molar-refractivity contribution >= 4 is 16.6 Å². The third-order valence-corrected chi connectivity index (χ3v) is 4.51. The van der Waals surface area contributed by atoms with Gasteiger partial charge in [0.15, 0.2) is 0 Å². The first-order valence-electron chi connectivity index (χ1n) is 7.50. The number of benzene rings is 1. The molecule has 4 heteroatoms. The standard InChI is InChI=1S/C16H24N4/c1-12(2)19-8-6-15(7-9-19)20-10-5-13-11-14(18-17)3-4-16(13)20/h3-5,10-12,15,18H,6-9,17H2,1-2H3. The maximum Gasteiger partial charge on any atom is 0.0492 e. The molecule has 0 aliphatic carbocycles. The summed E-state index contributed by atoms with van der Waals surface area (Å²) in [5.74, 6) is 5.47. The van der Waals surface area contributed by atoms with Crippen molar-refractivity contribution in [2.45, 2.75) is 38.8 Å². The van der Waals surface area contributed by atoms with Gasteiger partial charge in [-0.2, -0.15) is 0 Å². The van der Waals surface area contributed by atoms with Gasteiger partial charge in [-0.25, -0.2) is 0 Å². The normalized spacial score (nSPS) is 18.0. The van der Waals surface area contributed by atoms with Crippen LogP contribution >= 0.6 is 0 Å². The second-order valence-electron chi connectivity index (χ2n) is 6.00. The molecule has 0 unspecified atom stereocenters. The summed E-state index contributed by atoms with van der Waals surface area (Å²) in [6.07, 6.45) is 4.69. The van der Waals surface area contributed by atoms with E-state index < -0.39 is 0 Å². The van der Waals surface area contributed by atoms with Crippen molar-refractivity contribution in [1.82, 2.24) is 9.47 Å². The summed E-state index contributed by atoms with van der Waals surface area (Å²) in [6, 6.07) is 9.79. The number of nitrogen functional groups attached to an aromatic ring is 1. The summed E-state index contributed by atoms with van der Waals surface area (Å²) in [6.45, 7) is 6.97. The number of nitrogens with one attached hydrogen (secondary N) is 1. The topological polar surface area (TPSA) is 46.2 Å². The van der Waals surface area contributed by atoms with Gasteiger partial charge in [-0.15, -0.1) is 0 Å². The molecule has 0 bridgehead atoms. The highest BCUT2D eigenvalue weighted by atomic mass is 15.2. The fraction of sp³-hybridized carbons (Fsp3) is 0.500. The van der Waals surface area contributed by atoms with Crippen molar-refractivity contribution in [3.8, 4) is 0 Å². The van der Waals surface area contributed by atoms with Crippen molar-refractivity contribution in [2.24, 2.45) is 5.84 Å². The minimum Gasteiger partial charge on any atom is -0.344 e. The minimum absolute atomic E-state index is 0.624. The van der Waals surface area contributed by atoms with Gasteiger partial charge in [0, 0.05) is 48.0 Å². The van der Waals surface area contributed by atoms with E-state index in [2.05, 4.69) is 53.1 Å². The van der Waals surface area contributed by atoms with E-state index in [1.807, 2.05) is 6.07 Å². The summed E-state index contributed by atoms with van der Waals surface area (Å²) in [7, 11) is 0. The van der Waals surface area contributed by atoms with E-state index in [9.17, 15) is 0 Å². The smallest absolute Gasteiger partial charge is 0.0492 e. The molecule has 0 saturated carbocycles. The number of hydrogen-bond acceptors (Lipinski definition) is 3. The van der Waals surface area contributed by atoms with Gasteiger partial charge in [-0.3, -0.25) is 5.84 Å². The predicted molar refractivity (Wildman–Crippen MR) is 84.7 cm³/mol. The number of fused-ring (bicyclic) bond motifs is 1. The summed E-state index contributed by atoms with van der Waals surface area (Å²) in [5, 5.41) is 1.26. The van der Waals surface area contributed by atoms with Gasteiger partial charge < -0.3 is 14.9 Å². The zero-order chi connectivity index (χ0) is 14.1. The number of anilines is 1. The largest absolute Gasteiger partial charge is 0.344 e. The molecule has 2 heterocycles. The first-order valence-corrected chi connectivity index (χ1v) is 7.50. The van der Waals surface area contributed by atoms with Gasteiger partial charge in [0.05, 0.1) is 0 Å². The minimum atomic E-state index is 0.624. The number of hydrazine groups is 1. The molecule has 1 aliphatic rings. The second-order valence-corrected chi connectivity index (χ2v) is 6.00. The first kappa shape index (κ1) is 13.5. The zero-order valence-corrected chi connectivity index (χ0v) is 12.3. The Bertz CT molecular complexity index is 579. The summed E-state index contributed by atoms with van der Waals surface area (Å²) >= 11 is 0. The SMILES string of the molecule is CC(C)N1CCC(n2ccc3cc(NN)ccc32)CC1. The number of hydrogen-bond donors (Lipinski definition) is 2. The van der Waals surface area contributed by atoms with Crippen LogP contribution in [0.3, 0.4) is 0 Å². The highest BCUT2D eigenvalue weighted by molar-refractivity contribution is 5.83. The summed E-state index contributed by atoms with van der Waals surface area (Å²) < 4.78 is 2.44. The Morgan fingerprint density at radius 2 is 1.95 bits per heavy atom. The molecule has 1 saturated heterocycles. The molecule has 1 fully saturated rings. The number of nitrogens with zero attached hydrogens (tertiary/aromatic N) is 2. The maximum absolute atomic E-state index is 5.47. The van der Waals surface area contributed by atoms with Crippen LogP contribution in [0, 0.1) is 0 Å². The molecule has 0 amide bonds. The van der Waals surface area contributed by atoms with Gasteiger partial charge >= 0.3 is 0 Å². The first-order chi connectivity index (χ1) is 9.69. The lowest BCUT2D eigenvalue weighted by atomic mass is 10.0. The molecular weight excluding hydrogens is 248 g/mol. The van der Waals surface area contributed by atoms with Crippen LogP contribution in [0.25, 0.3) is 10.9 Å².